The lowest BCUT2D eigenvalue weighted by Gasteiger charge is -2.36. The Labute approximate surface area is 139 Å². The molecule has 3 rings (SSSR count). The lowest BCUT2D eigenvalue weighted by Crippen LogP contribution is -2.55. The molecule has 1 aliphatic rings. The first-order chi connectivity index (χ1) is 11.1. The molecule has 1 aliphatic heterocycles. The van der Waals surface area contributed by atoms with Gasteiger partial charge in [-0.05, 0) is 29.5 Å². The fraction of sp³-hybridized carbons (Fsp3) is 0.412. The molecule has 2 aromatic rings. The van der Waals surface area contributed by atoms with E-state index in [0.29, 0.717) is 31.2 Å². The van der Waals surface area contributed by atoms with Gasteiger partial charge in [0.25, 0.3) is 5.91 Å². The van der Waals surface area contributed by atoms with E-state index in [1.807, 2.05) is 40.4 Å². The fourth-order valence-corrected chi connectivity index (χ4v) is 3.52. The molecule has 0 radical (unpaired) electrons. The molecule has 2 amide bonds. The number of amides is 2. The van der Waals surface area contributed by atoms with Crippen LogP contribution in [0.2, 0.25) is 0 Å². The van der Waals surface area contributed by atoms with E-state index in [2.05, 4.69) is 19.2 Å². The van der Waals surface area contributed by atoms with Crippen molar-refractivity contribution in [2.45, 2.75) is 33.0 Å². The number of hydrogen-bond donors (Lipinski definition) is 1. The van der Waals surface area contributed by atoms with E-state index < -0.39 is 6.04 Å². The van der Waals surface area contributed by atoms with Crippen LogP contribution in [0.5, 0.6) is 0 Å². The number of carbonyl (C=O) groups is 2. The molecule has 1 unspecified atom stereocenters. The SMILES string of the molecule is CC(C)CN1C(=O)c2cccn2CC1C(=O)NCc1cccs1. The number of thiophene rings is 1. The van der Waals surface area contributed by atoms with Gasteiger partial charge in [-0.15, -0.1) is 11.3 Å². The van der Waals surface area contributed by atoms with Gasteiger partial charge in [0, 0.05) is 17.6 Å². The van der Waals surface area contributed by atoms with Gasteiger partial charge in [-0.1, -0.05) is 19.9 Å². The summed E-state index contributed by atoms with van der Waals surface area (Å²) in [5, 5.41) is 4.95. The smallest absolute Gasteiger partial charge is 0.271 e. The summed E-state index contributed by atoms with van der Waals surface area (Å²) in [4.78, 5) is 28.2. The van der Waals surface area contributed by atoms with E-state index in [1.165, 1.54) is 0 Å². The highest BCUT2D eigenvalue weighted by molar-refractivity contribution is 7.09. The summed E-state index contributed by atoms with van der Waals surface area (Å²) >= 11 is 1.61. The molecule has 0 fully saturated rings. The minimum Gasteiger partial charge on any atom is -0.349 e. The van der Waals surface area contributed by atoms with Crippen LogP contribution in [0.15, 0.2) is 35.8 Å². The van der Waals surface area contributed by atoms with E-state index in [9.17, 15) is 9.59 Å². The van der Waals surface area contributed by atoms with Crippen molar-refractivity contribution in [3.8, 4) is 0 Å². The predicted molar refractivity (Wildman–Crippen MR) is 90.3 cm³/mol. The monoisotopic (exact) mass is 331 g/mol. The molecule has 1 N–H and O–H groups in total. The Kier molecular flexibility index (Phi) is 4.52. The maximum absolute atomic E-state index is 12.7. The Bertz CT molecular complexity index is 691. The van der Waals surface area contributed by atoms with Crippen LogP contribution in [0.3, 0.4) is 0 Å². The molecule has 3 heterocycles. The van der Waals surface area contributed by atoms with Gasteiger partial charge in [0.15, 0.2) is 0 Å². The third-order valence-electron chi connectivity index (χ3n) is 3.94. The van der Waals surface area contributed by atoms with Gasteiger partial charge in [-0.25, -0.2) is 0 Å². The average Bonchev–Trinajstić information content (AvgIpc) is 3.18. The quantitative estimate of drug-likeness (QED) is 0.914. The molecular weight excluding hydrogens is 310 g/mol. The van der Waals surface area contributed by atoms with Crippen molar-refractivity contribution in [3.63, 3.8) is 0 Å². The largest absolute Gasteiger partial charge is 0.349 e. The van der Waals surface area contributed by atoms with Gasteiger partial charge in [-0.2, -0.15) is 0 Å². The van der Waals surface area contributed by atoms with Crippen LogP contribution in [-0.4, -0.2) is 33.9 Å². The molecule has 122 valence electrons. The molecule has 0 saturated carbocycles. The third-order valence-corrected chi connectivity index (χ3v) is 4.81. The van der Waals surface area contributed by atoms with Crippen molar-refractivity contribution in [3.05, 3.63) is 46.4 Å². The van der Waals surface area contributed by atoms with E-state index in [1.54, 1.807) is 16.2 Å². The zero-order chi connectivity index (χ0) is 16.4. The van der Waals surface area contributed by atoms with Gasteiger partial charge in [0.05, 0.1) is 13.1 Å². The summed E-state index contributed by atoms with van der Waals surface area (Å²) in [5.41, 5.74) is 0.660. The molecular formula is C17H21N3O2S. The molecule has 1 atom stereocenters. The Morgan fingerprint density at radius 3 is 2.91 bits per heavy atom. The first-order valence-corrected chi connectivity index (χ1v) is 8.70. The van der Waals surface area contributed by atoms with Gasteiger partial charge in [0.2, 0.25) is 5.91 Å². The van der Waals surface area contributed by atoms with Crippen LogP contribution in [-0.2, 0) is 17.9 Å². The Hall–Kier alpha value is -2.08. The number of aromatic nitrogens is 1. The van der Waals surface area contributed by atoms with Crippen molar-refractivity contribution in [2.75, 3.05) is 6.54 Å². The van der Waals surface area contributed by atoms with Crippen LogP contribution in [0.1, 0.15) is 29.2 Å². The molecule has 5 nitrogen and oxygen atoms in total. The normalized spacial score (nSPS) is 17.4. The molecule has 0 spiro atoms. The lowest BCUT2D eigenvalue weighted by molar-refractivity contribution is -0.126. The van der Waals surface area contributed by atoms with Crippen molar-refractivity contribution in [2.24, 2.45) is 5.92 Å². The molecule has 0 aromatic carbocycles. The van der Waals surface area contributed by atoms with Gasteiger partial charge in [-0.3, -0.25) is 9.59 Å². The third kappa shape index (κ3) is 3.32. The Morgan fingerprint density at radius 1 is 1.39 bits per heavy atom. The Balaban J connectivity index is 1.77. The van der Waals surface area contributed by atoms with Gasteiger partial charge < -0.3 is 14.8 Å². The number of nitrogens with zero attached hydrogens (tertiary/aromatic N) is 2. The van der Waals surface area contributed by atoms with Crippen molar-refractivity contribution in [1.82, 2.24) is 14.8 Å². The first kappa shape index (κ1) is 15.8. The zero-order valence-electron chi connectivity index (χ0n) is 13.4. The summed E-state index contributed by atoms with van der Waals surface area (Å²) in [6, 6.07) is 7.17. The first-order valence-electron chi connectivity index (χ1n) is 7.82. The number of nitrogens with one attached hydrogen (secondary N) is 1. The van der Waals surface area contributed by atoms with E-state index in [-0.39, 0.29) is 11.8 Å². The minimum absolute atomic E-state index is 0.0637. The highest BCUT2D eigenvalue weighted by atomic mass is 32.1. The maximum Gasteiger partial charge on any atom is 0.271 e. The van der Waals surface area contributed by atoms with Crippen LogP contribution < -0.4 is 5.32 Å². The topological polar surface area (TPSA) is 54.3 Å². The summed E-state index contributed by atoms with van der Waals surface area (Å²) < 4.78 is 1.87. The van der Waals surface area contributed by atoms with Crippen LogP contribution in [0.25, 0.3) is 0 Å². The second-order valence-electron chi connectivity index (χ2n) is 6.21. The molecule has 2 aromatic heterocycles. The molecule has 0 saturated heterocycles. The molecule has 6 heteroatoms. The predicted octanol–water partition coefficient (Wildman–Crippen LogP) is 2.35. The number of rotatable bonds is 5. The van der Waals surface area contributed by atoms with Gasteiger partial charge >= 0.3 is 0 Å². The minimum atomic E-state index is -0.454. The molecule has 0 bridgehead atoms. The fourth-order valence-electron chi connectivity index (χ4n) is 2.87. The highest BCUT2D eigenvalue weighted by Crippen LogP contribution is 2.20. The number of fused-ring (bicyclic) bond motifs is 1. The van der Waals surface area contributed by atoms with Crippen LogP contribution in [0, 0.1) is 5.92 Å². The lowest BCUT2D eigenvalue weighted by atomic mass is 10.1. The average molecular weight is 331 g/mol. The summed E-state index contributed by atoms with van der Waals surface area (Å²) in [5.74, 6) is 0.158. The number of carbonyl (C=O) groups excluding carboxylic acids is 2. The van der Waals surface area contributed by atoms with E-state index in [0.717, 1.165) is 4.88 Å². The summed E-state index contributed by atoms with van der Waals surface area (Å²) in [7, 11) is 0. The van der Waals surface area contributed by atoms with Crippen molar-refractivity contribution in [1.29, 1.82) is 0 Å². The highest BCUT2D eigenvalue weighted by Gasteiger charge is 2.36. The van der Waals surface area contributed by atoms with Gasteiger partial charge in [0.1, 0.15) is 11.7 Å². The van der Waals surface area contributed by atoms with Crippen molar-refractivity contribution >= 4 is 23.2 Å². The second-order valence-corrected chi connectivity index (χ2v) is 7.24. The van der Waals surface area contributed by atoms with E-state index in [4.69, 9.17) is 0 Å². The molecule has 23 heavy (non-hydrogen) atoms. The van der Waals surface area contributed by atoms with Crippen molar-refractivity contribution < 1.29 is 9.59 Å². The van der Waals surface area contributed by atoms with E-state index >= 15 is 0 Å². The second kappa shape index (κ2) is 6.58. The maximum atomic E-state index is 12.7. The summed E-state index contributed by atoms with van der Waals surface area (Å²) in [6.45, 7) is 5.72. The van der Waals surface area contributed by atoms with Crippen LogP contribution >= 0.6 is 11.3 Å². The van der Waals surface area contributed by atoms with Crippen LogP contribution in [0.4, 0.5) is 0 Å². The summed E-state index contributed by atoms with van der Waals surface area (Å²) in [6.07, 6.45) is 1.86. The number of hydrogen-bond acceptors (Lipinski definition) is 3. The zero-order valence-corrected chi connectivity index (χ0v) is 14.2. The Morgan fingerprint density at radius 2 is 2.22 bits per heavy atom. The standard InChI is InChI=1S/C17H21N3O2S/c1-12(2)10-20-15(11-19-7-3-6-14(19)17(20)22)16(21)18-9-13-5-4-8-23-13/h3-8,12,15H,9-11H2,1-2H3,(H,18,21). The molecule has 0 aliphatic carbocycles.